The Kier molecular flexibility index (Phi) is 2.89. The average molecular weight is 211 g/mol. The van der Waals surface area contributed by atoms with Crippen molar-refractivity contribution in [3.8, 4) is 0 Å². The van der Waals surface area contributed by atoms with Gasteiger partial charge >= 0.3 is 0 Å². The predicted molar refractivity (Wildman–Crippen MR) is 53.6 cm³/mol. The fraction of sp³-hybridized carbons (Fsp3) is 0.200. The topological polar surface area (TPSA) is 0 Å². The maximum absolute atomic E-state index is 3.48. The molecule has 0 spiro atoms. The van der Waals surface area contributed by atoms with Crippen molar-refractivity contribution in [2.75, 3.05) is 0 Å². The molecule has 0 saturated heterocycles. The summed E-state index contributed by atoms with van der Waals surface area (Å²) in [5.74, 6) is 0. The molecule has 0 aromatic heterocycles. The van der Waals surface area contributed by atoms with E-state index in [0.29, 0.717) is 0 Å². The molecular formula is C10H11Br. The lowest BCUT2D eigenvalue weighted by atomic mass is 10.1. The highest BCUT2D eigenvalue weighted by Crippen LogP contribution is 2.20. The Morgan fingerprint density at radius 1 is 1.36 bits per heavy atom. The van der Waals surface area contributed by atoms with Crippen LogP contribution in [0.3, 0.4) is 0 Å². The van der Waals surface area contributed by atoms with Crippen LogP contribution in [-0.2, 0) is 0 Å². The zero-order valence-corrected chi connectivity index (χ0v) is 8.35. The van der Waals surface area contributed by atoms with Crippen molar-refractivity contribution in [1.29, 1.82) is 0 Å². The minimum atomic E-state index is 1.17. The molecule has 0 bridgehead atoms. The highest BCUT2D eigenvalue weighted by Gasteiger charge is 1.96. The van der Waals surface area contributed by atoms with Crippen molar-refractivity contribution < 1.29 is 0 Å². The first-order chi connectivity index (χ1) is 5.25. The molecule has 58 valence electrons. The Bertz CT molecular complexity index is 274. The van der Waals surface area contributed by atoms with Gasteiger partial charge in [0.1, 0.15) is 0 Å². The maximum Gasteiger partial charge on any atom is 0.0210 e. The standard InChI is InChI=1S/C10H11Br/c1-3-5-9-6-4-7-10(11)8(9)2/h3-7H,1-2H3/b5-3+. The Labute approximate surface area is 76.1 Å². The van der Waals surface area contributed by atoms with Crippen LogP contribution < -0.4 is 0 Å². The molecule has 0 aliphatic rings. The number of benzene rings is 1. The molecule has 1 heteroatoms. The van der Waals surface area contributed by atoms with Gasteiger partial charge in [-0.2, -0.15) is 0 Å². The van der Waals surface area contributed by atoms with Crippen molar-refractivity contribution in [3.05, 3.63) is 39.9 Å². The summed E-state index contributed by atoms with van der Waals surface area (Å²) in [6.45, 7) is 4.14. The zero-order valence-electron chi connectivity index (χ0n) is 6.76. The van der Waals surface area contributed by atoms with E-state index in [0.717, 1.165) is 0 Å². The third-order valence-electron chi connectivity index (χ3n) is 1.66. The van der Waals surface area contributed by atoms with E-state index in [4.69, 9.17) is 0 Å². The van der Waals surface area contributed by atoms with Gasteiger partial charge in [0.05, 0.1) is 0 Å². The van der Waals surface area contributed by atoms with Gasteiger partial charge in [-0.15, -0.1) is 0 Å². The number of halogens is 1. The normalized spacial score (nSPS) is 10.8. The fourth-order valence-corrected chi connectivity index (χ4v) is 1.37. The molecule has 0 unspecified atom stereocenters. The van der Waals surface area contributed by atoms with E-state index in [9.17, 15) is 0 Å². The van der Waals surface area contributed by atoms with Crippen LogP contribution in [0.4, 0.5) is 0 Å². The molecule has 1 rings (SSSR count). The second-order valence-electron chi connectivity index (χ2n) is 2.45. The van der Waals surface area contributed by atoms with Crippen LogP contribution >= 0.6 is 15.9 Å². The minimum absolute atomic E-state index is 1.17. The molecule has 0 fully saturated rings. The summed E-state index contributed by atoms with van der Waals surface area (Å²) >= 11 is 3.48. The Balaban J connectivity index is 3.16. The van der Waals surface area contributed by atoms with Crippen LogP contribution in [-0.4, -0.2) is 0 Å². The largest absolute Gasteiger partial charge is 0.0871 e. The number of hydrogen-bond donors (Lipinski definition) is 0. The van der Waals surface area contributed by atoms with E-state index in [-0.39, 0.29) is 0 Å². The molecular weight excluding hydrogens is 200 g/mol. The molecule has 11 heavy (non-hydrogen) atoms. The molecule has 0 atom stereocenters. The zero-order chi connectivity index (χ0) is 8.27. The van der Waals surface area contributed by atoms with E-state index in [1.165, 1.54) is 15.6 Å². The lowest BCUT2D eigenvalue weighted by Crippen LogP contribution is -1.80. The first-order valence-electron chi connectivity index (χ1n) is 3.63. The lowest BCUT2D eigenvalue weighted by molar-refractivity contribution is 1.40. The molecule has 0 aliphatic carbocycles. The van der Waals surface area contributed by atoms with Crippen molar-refractivity contribution in [2.45, 2.75) is 13.8 Å². The maximum atomic E-state index is 3.48. The van der Waals surface area contributed by atoms with Gasteiger partial charge in [-0.1, -0.05) is 40.2 Å². The molecule has 0 N–H and O–H groups in total. The van der Waals surface area contributed by atoms with Crippen LogP contribution in [0.2, 0.25) is 0 Å². The molecule has 0 nitrogen and oxygen atoms in total. The summed E-state index contributed by atoms with van der Waals surface area (Å²) in [6, 6.07) is 6.22. The Hall–Kier alpha value is -0.560. The second kappa shape index (κ2) is 3.72. The average Bonchev–Trinajstić information content (AvgIpc) is 1.99. The van der Waals surface area contributed by atoms with Crippen LogP contribution in [0.1, 0.15) is 18.1 Å². The molecule has 1 aromatic carbocycles. The summed E-state index contributed by atoms with van der Waals surface area (Å²) in [5, 5.41) is 0. The first kappa shape index (κ1) is 8.54. The van der Waals surface area contributed by atoms with E-state index in [1.807, 2.05) is 13.0 Å². The first-order valence-corrected chi connectivity index (χ1v) is 4.43. The van der Waals surface area contributed by atoms with Gasteiger partial charge < -0.3 is 0 Å². The van der Waals surface area contributed by atoms with Gasteiger partial charge in [0.25, 0.3) is 0 Å². The van der Waals surface area contributed by atoms with Crippen molar-refractivity contribution in [3.63, 3.8) is 0 Å². The molecule has 0 saturated carbocycles. The molecule has 0 heterocycles. The number of allylic oxidation sites excluding steroid dienone is 1. The molecule has 0 amide bonds. The van der Waals surface area contributed by atoms with Gasteiger partial charge in [0.15, 0.2) is 0 Å². The highest BCUT2D eigenvalue weighted by molar-refractivity contribution is 9.10. The highest BCUT2D eigenvalue weighted by atomic mass is 79.9. The van der Waals surface area contributed by atoms with E-state index < -0.39 is 0 Å². The fourth-order valence-electron chi connectivity index (χ4n) is 0.984. The van der Waals surface area contributed by atoms with Crippen molar-refractivity contribution >= 4 is 22.0 Å². The SMILES string of the molecule is C/C=C/c1cccc(Br)c1C. The van der Waals surface area contributed by atoms with E-state index in [1.54, 1.807) is 0 Å². The van der Waals surface area contributed by atoms with Crippen LogP contribution in [0.25, 0.3) is 6.08 Å². The van der Waals surface area contributed by atoms with Crippen molar-refractivity contribution in [2.24, 2.45) is 0 Å². The third kappa shape index (κ3) is 1.93. The van der Waals surface area contributed by atoms with Crippen LogP contribution in [0, 0.1) is 6.92 Å². The van der Waals surface area contributed by atoms with Gasteiger partial charge in [-0.25, -0.2) is 0 Å². The summed E-state index contributed by atoms with van der Waals surface area (Å²) in [7, 11) is 0. The predicted octanol–water partition coefficient (Wildman–Crippen LogP) is 3.79. The molecule has 0 aliphatic heterocycles. The van der Waals surface area contributed by atoms with Crippen LogP contribution in [0.5, 0.6) is 0 Å². The molecule has 0 radical (unpaired) electrons. The second-order valence-corrected chi connectivity index (χ2v) is 3.31. The minimum Gasteiger partial charge on any atom is -0.0871 e. The van der Waals surface area contributed by atoms with Crippen molar-refractivity contribution in [1.82, 2.24) is 0 Å². The van der Waals surface area contributed by atoms with E-state index in [2.05, 4.69) is 47.1 Å². The van der Waals surface area contributed by atoms with Gasteiger partial charge in [-0.05, 0) is 31.0 Å². The lowest BCUT2D eigenvalue weighted by Gasteiger charge is -2.01. The number of hydrogen-bond acceptors (Lipinski definition) is 0. The monoisotopic (exact) mass is 210 g/mol. The van der Waals surface area contributed by atoms with Gasteiger partial charge in [-0.3, -0.25) is 0 Å². The summed E-state index contributed by atoms with van der Waals surface area (Å²) in [5.41, 5.74) is 2.58. The summed E-state index contributed by atoms with van der Waals surface area (Å²) in [4.78, 5) is 0. The smallest absolute Gasteiger partial charge is 0.0210 e. The molecule has 1 aromatic rings. The number of rotatable bonds is 1. The van der Waals surface area contributed by atoms with E-state index >= 15 is 0 Å². The van der Waals surface area contributed by atoms with Gasteiger partial charge in [0, 0.05) is 4.47 Å². The summed E-state index contributed by atoms with van der Waals surface area (Å²) in [6.07, 6.45) is 4.16. The third-order valence-corrected chi connectivity index (χ3v) is 2.51. The quantitative estimate of drug-likeness (QED) is 0.662. The van der Waals surface area contributed by atoms with Gasteiger partial charge in [0.2, 0.25) is 0 Å². The summed E-state index contributed by atoms with van der Waals surface area (Å²) < 4.78 is 1.17. The Morgan fingerprint density at radius 3 is 2.73 bits per heavy atom. The van der Waals surface area contributed by atoms with Crippen LogP contribution in [0.15, 0.2) is 28.7 Å². The Morgan fingerprint density at radius 2 is 2.09 bits per heavy atom.